The van der Waals surface area contributed by atoms with E-state index in [9.17, 15) is 0 Å². The summed E-state index contributed by atoms with van der Waals surface area (Å²) in [6.07, 6.45) is 5.17. The van der Waals surface area contributed by atoms with Crippen molar-refractivity contribution in [2.75, 3.05) is 19.7 Å². The molecule has 1 saturated heterocycles. The topological polar surface area (TPSA) is 76.4 Å². The van der Waals surface area contributed by atoms with Crippen LogP contribution in [0.2, 0.25) is 0 Å². The molecule has 2 heterocycles. The maximum absolute atomic E-state index is 5.70. The molecule has 0 amide bonds. The first-order chi connectivity index (χ1) is 13.2. The zero-order valence-corrected chi connectivity index (χ0v) is 17.3. The lowest BCUT2D eigenvalue weighted by Gasteiger charge is -2.16. The fourth-order valence-electron chi connectivity index (χ4n) is 2.98. The Labute approximate surface area is 168 Å². The zero-order chi connectivity index (χ0) is 18.9. The monoisotopic (exact) mass is 434 g/mol. The van der Waals surface area contributed by atoms with E-state index >= 15 is 0 Å². The molecular weight excluding hydrogens is 408 g/mol. The standard InChI is InChI=1S/C19H27BrN6O/c1-2-18-25-24-14-26(18)10-9-21-19(23-13-17-4-3-11-27-17)22-12-15-5-7-16(20)8-6-15/h5-8,14,17H,2-4,9-13H2,1H3,(H2,21,22,23). The van der Waals surface area contributed by atoms with Crippen molar-refractivity contribution in [2.45, 2.75) is 45.4 Å². The number of hydrogen-bond donors (Lipinski definition) is 2. The maximum Gasteiger partial charge on any atom is 0.191 e. The minimum Gasteiger partial charge on any atom is -0.376 e. The molecule has 1 aliphatic heterocycles. The summed E-state index contributed by atoms with van der Waals surface area (Å²) in [5, 5.41) is 14.9. The van der Waals surface area contributed by atoms with E-state index in [2.05, 4.69) is 60.4 Å². The molecule has 0 saturated carbocycles. The number of aliphatic imine (C=N–C) groups is 1. The van der Waals surface area contributed by atoms with Crippen molar-refractivity contribution >= 4 is 21.9 Å². The van der Waals surface area contributed by atoms with Crippen molar-refractivity contribution in [2.24, 2.45) is 4.99 Å². The smallest absolute Gasteiger partial charge is 0.191 e. The van der Waals surface area contributed by atoms with Crippen molar-refractivity contribution in [3.63, 3.8) is 0 Å². The van der Waals surface area contributed by atoms with Crippen molar-refractivity contribution in [1.29, 1.82) is 0 Å². The summed E-state index contributed by atoms with van der Waals surface area (Å²) in [6, 6.07) is 8.23. The van der Waals surface area contributed by atoms with Crippen LogP contribution in [0.3, 0.4) is 0 Å². The molecule has 3 rings (SSSR count). The summed E-state index contributed by atoms with van der Waals surface area (Å²) in [5.74, 6) is 1.80. The van der Waals surface area contributed by atoms with Gasteiger partial charge in [0, 0.05) is 37.1 Å². The van der Waals surface area contributed by atoms with Gasteiger partial charge in [0.1, 0.15) is 12.2 Å². The molecule has 1 aliphatic rings. The van der Waals surface area contributed by atoms with Gasteiger partial charge in [-0.15, -0.1) is 10.2 Å². The number of hydrogen-bond acceptors (Lipinski definition) is 4. The second-order valence-electron chi connectivity index (χ2n) is 6.53. The Kier molecular flexibility index (Phi) is 7.65. The Hall–Kier alpha value is -1.93. The SMILES string of the molecule is CCc1nncn1CCNC(=NCc1ccc(Br)cc1)NCC1CCCO1. The molecule has 1 atom stereocenters. The van der Waals surface area contributed by atoms with Crippen LogP contribution < -0.4 is 10.6 Å². The highest BCUT2D eigenvalue weighted by molar-refractivity contribution is 9.10. The van der Waals surface area contributed by atoms with Gasteiger partial charge in [-0.3, -0.25) is 0 Å². The summed E-state index contributed by atoms with van der Waals surface area (Å²) >= 11 is 3.47. The van der Waals surface area contributed by atoms with E-state index in [1.54, 1.807) is 6.33 Å². The molecule has 1 unspecified atom stereocenters. The third-order valence-electron chi connectivity index (χ3n) is 4.51. The Morgan fingerprint density at radius 3 is 2.93 bits per heavy atom. The average molecular weight is 435 g/mol. The van der Waals surface area contributed by atoms with Crippen LogP contribution >= 0.6 is 15.9 Å². The predicted molar refractivity (Wildman–Crippen MR) is 110 cm³/mol. The van der Waals surface area contributed by atoms with Crippen molar-refractivity contribution in [3.8, 4) is 0 Å². The van der Waals surface area contributed by atoms with Crippen LogP contribution in [0.1, 0.15) is 31.2 Å². The summed E-state index contributed by atoms with van der Waals surface area (Å²) in [7, 11) is 0. The van der Waals surface area contributed by atoms with Crippen molar-refractivity contribution in [1.82, 2.24) is 25.4 Å². The predicted octanol–water partition coefficient (Wildman–Crippen LogP) is 2.52. The highest BCUT2D eigenvalue weighted by atomic mass is 79.9. The van der Waals surface area contributed by atoms with Crippen LogP contribution in [-0.2, 0) is 24.2 Å². The van der Waals surface area contributed by atoms with Gasteiger partial charge in [0.25, 0.3) is 0 Å². The summed E-state index contributed by atoms with van der Waals surface area (Å²) in [4.78, 5) is 4.73. The van der Waals surface area contributed by atoms with Crippen molar-refractivity contribution < 1.29 is 4.74 Å². The Bertz CT molecular complexity index is 724. The Morgan fingerprint density at radius 2 is 2.19 bits per heavy atom. The van der Waals surface area contributed by atoms with Crippen LogP contribution in [0.4, 0.5) is 0 Å². The van der Waals surface area contributed by atoms with Gasteiger partial charge < -0.3 is 19.9 Å². The number of ether oxygens (including phenoxy) is 1. The molecule has 27 heavy (non-hydrogen) atoms. The van der Waals surface area contributed by atoms with Gasteiger partial charge in [0.2, 0.25) is 0 Å². The van der Waals surface area contributed by atoms with Crippen molar-refractivity contribution in [3.05, 3.63) is 46.5 Å². The second-order valence-corrected chi connectivity index (χ2v) is 7.44. The number of aromatic nitrogens is 3. The number of benzene rings is 1. The molecular formula is C19H27BrN6O. The quantitative estimate of drug-likeness (QED) is 0.492. The minimum absolute atomic E-state index is 0.272. The van der Waals surface area contributed by atoms with E-state index in [0.29, 0.717) is 6.54 Å². The van der Waals surface area contributed by atoms with Gasteiger partial charge in [-0.2, -0.15) is 0 Å². The fourth-order valence-corrected chi connectivity index (χ4v) is 3.25. The largest absolute Gasteiger partial charge is 0.376 e. The van der Waals surface area contributed by atoms with Crippen LogP contribution in [0.25, 0.3) is 0 Å². The number of nitrogens with zero attached hydrogens (tertiary/aromatic N) is 4. The first kappa shape index (κ1) is 19.8. The molecule has 1 fully saturated rings. The van der Waals surface area contributed by atoms with E-state index in [4.69, 9.17) is 9.73 Å². The molecule has 7 nitrogen and oxygen atoms in total. The van der Waals surface area contributed by atoms with Gasteiger partial charge in [-0.25, -0.2) is 4.99 Å². The van der Waals surface area contributed by atoms with Gasteiger partial charge in [-0.1, -0.05) is 35.0 Å². The van der Waals surface area contributed by atoms with E-state index in [1.165, 1.54) is 5.56 Å². The minimum atomic E-state index is 0.272. The van der Waals surface area contributed by atoms with Crippen LogP contribution in [0, 0.1) is 0 Å². The molecule has 1 aromatic carbocycles. The molecule has 2 N–H and O–H groups in total. The third kappa shape index (κ3) is 6.32. The molecule has 2 aromatic rings. The van der Waals surface area contributed by atoms with Gasteiger partial charge in [0.15, 0.2) is 5.96 Å². The lowest BCUT2D eigenvalue weighted by Crippen LogP contribution is -2.42. The molecule has 146 valence electrons. The fraction of sp³-hybridized carbons (Fsp3) is 0.526. The van der Waals surface area contributed by atoms with Crippen LogP contribution in [-0.4, -0.2) is 46.5 Å². The summed E-state index contributed by atoms with van der Waals surface area (Å²) in [6.45, 7) is 5.90. The van der Waals surface area contributed by atoms with Gasteiger partial charge in [-0.05, 0) is 30.5 Å². The summed E-state index contributed by atoms with van der Waals surface area (Å²) in [5.41, 5.74) is 1.17. The maximum atomic E-state index is 5.70. The van der Waals surface area contributed by atoms with E-state index in [0.717, 1.165) is 61.8 Å². The lowest BCUT2D eigenvalue weighted by molar-refractivity contribution is 0.114. The highest BCUT2D eigenvalue weighted by Gasteiger charge is 2.15. The molecule has 0 aliphatic carbocycles. The highest BCUT2D eigenvalue weighted by Crippen LogP contribution is 2.12. The zero-order valence-electron chi connectivity index (χ0n) is 15.7. The number of rotatable bonds is 8. The van der Waals surface area contributed by atoms with E-state index in [1.807, 2.05) is 12.1 Å². The second kappa shape index (κ2) is 10.4. The molecule has 0 bridgehead atoms. The Morgan fingerprint density at radius 1 is 1.33 bits per heavy atom. The first-order valence-electron chi connectivity index (χ1n) is 9.49. The molecule has 0 spiro atoms. The molecule has 1 aromatic heterocycles. The van der Waals surface area contributed by atoms with Crippen LogP contribution in [0.15, 0.2) is 40.1 Å². The van der Waals surface area contributed by atoms with E-state index in [-0.39, 0.29) is 6.10 Å². The number of halogens is 1. The number of aryl methyl sites for hydroxylation is 1. The average Bonchev–Trinajstić information content (AvgIpc) is 3.36. The number of guanidine groups is 1. The molecule has 8 heteroatoms. The normalized spacial score (nSPS) is 17.3. The van der Waals surface area contributed by atoms with Gasteiger partial charge in [0.05, 0.1) is 12.6 Å². The van der Waals surface area contributed by atoms with Gasteiger partial charge >= 0.3 is 0 Å². The third-order valence-corrected chi connectivity index (χ3v) is 5.04. The lowest BCUT2D eigenvalue weighted by atomic mass is 10.2. The Balaban J connectivity index is 1.55. The first-order valence-corrected chi connectivity index (χ1v) is 10.3. The summed E-state index contributed by atoms with van der Waals surface area (Å²) < 4.78 is 8.85. The van der Waals surface area contributed by atoms with Crippen LogP contribution in [0.5, 0.6) is 0 Å². The molecule has 0 radical (unpaired) electrons. The van der Waals surface area contributed by atoms with E-state index < -0.39 is 0 Å². The number of nitrogens with one attached hydrogen (secondary N) is 2.